The first-order valence-corrected chi connectivity index (χ1v) is 9.37. The lowest BCUT2D eigenvalue weighted by Gasteiger charge is -2.59. The summed E-state index contributed by atoms with van der Waals surface area (Å²) in [5.41, 5.74) is 0.374. The van der Waals surface area contributed by atoms with E-state index in [9.17, 15) is 4.79 Å². The Bertz CT molecular complexity index is 562. The third-order valence-electron chi connectivity index (χ3n) is 6.55. The highest BCUT2D eigenvalue weighted by Gasteiger charge is 2.53. The average molecular weight is 336 g/mol. The van der Waals surface area contributed by atoms with E-state index < -0.39 is 0 Å². The van der Waals surface area contributed by atoms with Crippen LogP contribution in [0.25, 0.3) is 0 Å². The largest absolute Gasteiger partial charge is 0.353 e. The van der Waals surface area contributed by atoms with Gasteiger partial charge < -0.3 is 5.32 Å². The number of halogens is 1. The summed E-state index contributed by atoms with van der Waals surface area (Å²) in [6, 6.07) is 0.296. The van der Waals surface area contributed by atoms with Crippen molar-refractivity contribution in [3.8, 4) is 0 Å². The molecule has 1 heterocycles. The van der Waals surface area contributed by atoms with Gasteiger partial charge in [-0.1, -0.05) is 11.6 Å². The van der Waals surface area contributed by atoms with Crippen molar-refractivity contribution in [3.05, 3.63) is 17.4 Å². The van der Waals surface area contributed by atoms with Crippen LogP contribution < -0.4 is 5.32 Å². The smallest absolute Gasteiger partial charge is 0.222 e. The summed E-state index contributed by atoms with van der Waals surface area (Å²) in [6.07, 6.45) is 12.2. The molecule has 4 aliphatic rings. The van der Waals surface area contributed by atoms with Crippen LogP contribution in [0.4, 0.5) is 0 Å². The molecule has 4 bridgehead atoms. The monoisotopic (exact) mass is 335 g/mol. The van der Waals surface area contributed by atoms with Crippen LogP contribution in [0.2, 0.25) is 5.02 Å². The fraction of sp³-hybridized carbons (Fsp3) is 0.778. The average Bonchev–Trinajstić information content (AvgIpc) is 2.89. The van der Waals surface area contributed by atoms with E-state index in [1.165, 1.54) is 38.5 Å². The van der Waals surface area contributed by atoms with Crippen LogP contribution >= 0.6 is 11.6 Å². The van der Waals surface area contributed by atoms with Crippen LogP contribution in [0, 0.1) is 23.2 Å². The van der Waals surface area contributed by atoms with Crippen molar-refractivity contribution < 1.29 is 4.79 Å². The molecule has 1 aromatic rings. The Hall–Kier alpha value is -1.03. The molecule has 0 saturated heterocycles. The Balaban J connectivity index is 1.34. The number of nitrogens with zero attached hydrogens (tertiary/aromatic N) is 2. The number of amides is 1. The van der Waals surface area contributed by atoms with Gasteiger partial charge >= 0.3 is 0 Å². The van der Waals surface area contributed by atoms with Gasteiger partial charge in [-0.05, 0) is 68.6 Å². The molecular weight excluding hydrogens is 310 g/mol. The highest BCUT2D eigenvalue weighted by atomic mass is 35.5. The maximum Gasteiger partial charge on any atom is 0.222 e. The van der Waals surface area contributed by atoms with Crippen LogP contribution in [0.15, 0.2) is 12.4 Å². The second kappa shape index (κ2) is 5.80. The molecule has 1 amide bonds. The first-order valence-electron chi connectivity index (χ1n) is 9.00. The second-order valence-corrected chi connectivity index (χ2v) is 8.68. The highest BCUT2D eigenvalue weighted by Crippen LogP contribution is 2.61. The maximum absolute atomic E-state index is 12.3. The van der Waals surface area contributed by atoms with Gasteiger partial charge in [-0.2, -0.15) is 5.10 Å². The molecule has 1 N–H and O–H groups in total. The molecule has 23 heavy (non-hydrogen) atoms. The molecule has 4 aliphatic carbocycles. The molecule has 4 saturated carbocycles. The number of hydrogen-bond donors (Lipinski definition) is 1. The topological polar surface area (TPSA) is 46.9 Å². The Labute approximate surface area is 143 Å². The molecule has 0 aromatic carbocycles. The van der Waals surface area contributed by atoms with Gasteiger partial charge in [0, 0.05) is 25.2 Å². The van der Waals surface area contributed by atoms with Crippen molar-refractivity contribution in [2.45, 2.75) is 64.5 Å². The Morgan fingerprint density at radius 2 is 1.96 bits per heavy atom. The van der Waals surface area contributed by atoms with E-state index in [4.69, 9.17) is 11.6 Å². The minimum absolute atomic E-state index is 0.139. The van der Waals surface area contributed by atoms with E-state index in [1.54, 1.807) is 17.1 Å². The lowest BCUT2D eigenvalue weighted by Crippen LogP contribution is -2.55. The summed E-state index contributed by atoms with van der Waals surface area (Å²) < 4.78 is 1.73. The van der Waals surface area contributed by atoms with Gasteiger partial charge in [-0.15, -0.1) is 0 Å². The molecule has 1 unspecified atom stereocenters. The minimum Gasteiger partial charge on any atom is -0.353 e. The van der Waals surface area contributed by atoms with Gasteiger partial charge in [-0.3, -0.25) is 9.48 Å². The zero-order chi connectivity index (χ0) is 16.0. The molecule has 1 aromatic heterocycles. The molecule has 1 atom stereocenters. The van der Waals surface area contributed by atoms with Crippen LogP contribution in [0.3, 0.4) is 0 Å². The predicted octanol–water partition coefficient (Wildman–Crippen LogP) is 3.65. The van der Waals surface area contributed by atoms with Gasteiger partial charge in [0.1, 0.15) is 0 Å². The van der Waals surface area contributed by atoms with E-state index in [1.807, 2.05) is 0 Å². The van der Waals surface area contributed by atoms with Crippen molar-refractivity contribution in [3.63, 3.8) is 0 Å². The molecular formula is C18H26ClN3O. The van der Waals surface area contributed by atoms with E-state index in [0.717, 1.165) is 17.8 Å². The Morgan fingerprint density at radius 3 is 2.48 bits per heavy atom. The third-order valence-corrected chi connectivity index (χ3v) is 6.75. The fourth-order valence-corrected chi connectivity index (χ4v) is 6.01. The van der Waals surface area contributed by atoms with E-state index in [-0.39, 0.29) is 5.91 Å². The van der Waals surface area contributed by atoms with E-state index in [2.05, 4.69) is 17.3 Å². The summed E-state index contributed by atoms with van der Waals surface area (Å²) in [4.78, 5) is 12.3. The Morgan fingerprint density at radius 1 is 1.35 bits per heavy atom. The number of rotatable bonds is 5. The number of aryl methyl sites for hydroxylation is 1. The molecule has 5 rings (SSSR count). The summed E-state index contributed by atoms with van der Waals surface area (Å²) in [6.45, 7) is 2.82. The molecule has 0 aliphatic heterocycles. The molecule has 0 spiro atoms. The quantitative estimate of drug-likeness (QED) is 0.892. The second-order valence-electron chi connectivity index (χ2n) is 8.24. The summed E-state index contributed by atoms with van der Waals surface area (Å²) >= 11 is 5.85. The Kier molecular flexibility index (Phi) is 3.91. The molecule has 4 nitrogen and oxygen atoms in total. The van der Waals surface area contributed by atoms with Gasteiger partial charge in [0.25, 0.3) is 0 Å². The van der Waals surface area contributed by atoms with Gasteiger partial charge in [0.05, 0.1) is 11.2 Å². The number of carbonyl (C=O) groups is 1. The van der Waals surface area contributed by atoms with Gasteiger partial charge in [0.2, 0.25) is 5.91 Å². The summed E-state index contributed by atoms with van der Waals surface area (Å²) in [5, 5.41) is 8.04. The van der Waals surface area contributed by atoms with Crippen molar-refractivity contribution in [2.75, 3.05) is 0 Å². The molecule has 5 heteroatoms. The third kappa shape index (κ3) is 3.02. The zero-order valence-electron chi connectivity index (χ0n) is 13.8. The lowest BCUT2D eigenvalue weighted by atomic mass is 9.48. The van der Waals surface area contributed by atoms with Crippen molar-refractivity contribution in [1.82, 2.24) is 15.1 Å². The van der Waals surface area contributed by atoms with Crippen LogP contribution in [0.1, 0.15) is 51.9 Å². The number of hydrogen-bond acceptors (Lipinski definition) is 2. The number of carbonyl (C=O) groups excluding carboxylic acids is 1. The van der Waals surface area contributed by atoms with Crippen molar-refractivity contribution in [1.29, 1.82) is 0 Å². The van der Waals surface area contributed by atoms with Crippen LogP contribution in [-0.4, -0.2) is 21.7 Å². The normalized spacial score (nSPS) is 36.2. The SMILES string of the molecule is CC(NC(=O)CCn1cc(Cl)cn1)C12CC3CC(CC(C3)C1)C2. The number of aromatic nitrogens is 2. The predicted molar refractivity (Wildman–Crippen MR) is 90.1 cm³/mol. The zero-order valence-corrected chi connectivity index (χ0v) is 14.6. The standard InChI is InChI=1S/C18H26ClN3O/c1-12(21-17(23)2-3-22-11-16(19)10-20-22)18-7-13-4-14(8-18)6-15(5-13)9-18/h10-15H,2-9H2,1H3,(H,21,23). The minimum atomic E-state index is 0.139. The fourth-order valence-electron chi connectivity index (χ4n) is 5.85. The molecule has 4 fully saturated rings. The van der Waals surface area contributed by atoms with Gasteiger partial charge in [-0.25, -0.2) is 0 Å². The molecule has 0 radical (unpaired) electrons. The first-order chi connectivity index (χ1) is 11.0. The maximum atomic E-state index is 12.3. The lowest BCUT2D eigenvalue weighted by molar-refractivity contribution is -0.126. The van der Waals surface area contributed by atoms with Crippen LogP contribution in [-0.2, 0) is 11.3 Å². The summed E-state index contributed by atoms with van der Waals surface area (Å²) in [5.74, 6) is 2.91. The van der Waals surface area contributed by atoms with Crippen molar-refractivity contribution in [2.24, 2.45) is 23.2 Å². The van der Waals surface area contributed by atoms with E-state index >= 15 is 0 Å². The van der Waals surface area contributed by atoms with Gasteiger partial charge in [0.15, 0.2) is 0 Å². The summed E-state index contributed by atoms with van der Waals surface area (Å²) in [7, 11) is 0. The van der Waals surface area contributed by atoms with E-state index in [0.29, 0.717) is 29.4 Å². The first kappa shape index (κ1) is 15.5. The van der Waals surface area contributed by atoms with Crippen molar-refractivity contribution >= 4 is 17.5 Å². The molecule has 126 valence electrons. The highest BCUT2D eigenvalue weighted by molar-refractivity contribution is 6.30. The van der Waals surface area contributed by atoms with Crippen LogP contribution in [0.5, 0.6) is 0 Å². The number of nitrogens with one attached hydrogen (secondary N) is 1.